The summed E-state index contributed by atoms with van der Waals surface area (Å²) in [7, 11) is 0. The van der Waals surface area contributed by atoms with E-state index in [4.69, 9.17) is 11.6 Å². The van der Waals surface area contributed by atoms with Gasteiger partial charge in [-0.25, -0.2) is 4.39 Å². The molecule has 0 bridgehead atoms. The van der Waals surface area contributed by atoms with E-state index in [1.165, 1.54) is 6.07 Å². The highest BCUT2D eigenvalue weighted by Crippen LogP contribution is 2.29. The van der Waals surface area contributed by atoms with Gasteiger partial charge in [-0.3, -0.25) is 4.79 Å². The van der Waals surface area contributed by atoms with Gasteiger partial charge in [-0.15, -0.1) is 0 Å². The summed E-state index contributed by atoms with van der Waals surface area (Å²) in [5.74, 6) is -0.789. The van der Waals surface area contributed by atoms with E-state index in [2.05, 4.69) is 21.2 Å². The van der Waals surface area contributed by atoms with Crippen molar-refractivity contribution in [3.05, 3.63) is 62.3 Å². The van der Waals surface area contributed by atoms with Crippen LogP contribution in [-0.4, -0.2) is 5.91 Å². The molecule has 0 aliphatic heterocycles. The Balaban J connectivity index is 2.27. The first kappa shape index (κ1) is 15.0. The molecule has 20 heavy (non-hydrogen) atoms. The molecule has 1 N–H and O–H groups in total. The Labute approximate surface area is 130 Å². The lowest BCUT2D eigenvalue weighted by atomic mass is 10.1. The fourth-order valence-electron chi connectivity index (χ4n) is 1.67. The lowest BCUT2D eigenvalue weighted by Gasteiger charge is -2.10. The number of hydrogen-bond acceptors (Lipinski definition) is 1. The summed E-state index contributed by atoms with van der Waals surface area (Å²) in [6.07, 6.45) is 0. The van der Waals surface area contributed by atoms with Gasteiger partial charge in [0, 0.05) is 15.1 Å². The number of nitrogens with one attached hydrogen (secondary N) is 1. The van der Waals surface area contributed by atoms with Gasteiger partial charge in [-0.1, -0.05) is 17.7 Å². The zero-order chi connectivity index (χ0) is 14.9. The Morgan fingerprint density at radius 1 is 1.20 bits per heavy atom. The number of carbonyl (C=O) groups is 1. The summed E-state index contributed by atoms with van der Waals surface area (Å²) in [5.41, 5.74) is 2.21. The third-order valence-corrected chi connectivity index (χ3v) is 3.99. The molecule has 2 nitrogen and oxygen atoms in total. The van der Waals surface area contributed by atoms with Gasteiger partial charge in [-0.05, 0) is 65.2 Å². The molecule has 0 saturated carbocycles. The third kappa shape index (κ3) is 3.19. The molecule has 0 radical (unpaired) electrons. The van der Waals surface area contributed by atoms with Crippen molar-refractivity contribution in [2.24, 2.45) is 0 Å². The second-order valence-corrected chi connectivity index (χ2v) is 5.76. The zero-order valence-corrected chi connectivity index (χ0v) is 13.3. The predicted octanol–water partition coefficient (Wildman–Crippen LogP) is 5.11. The first-order valence-corrected chi connectivity index (χ1v) is 7.08. The predicted molar refractivity (Wildman–Crippen MR) is 83.0 cm³/mol. The van der Waals surface area contributed by atoms with Crippen LogP contribution in [-0.2, 0) is 0 Å². The Morgan fingerprint density at radius 2 is 1.90 bits per heavy atom. The largest absolute Gasteiger partial charge is 0.321 e. The van der Waals surface area contributed by atoms with Crippen molar-refractivity contribution in [2.75, 3.05) is 5.32 Å². The van der Waals surface area contributed by atoms with E-state index in [1.807, 2.05) is 13.0 Å². The topological polar surface area (TPSA) is 29.1 Å². The number of benzene rings is 2. The van der Waals surface area contributed by atoms with Gasteiger partial charge < -0.3 is 5.32 Å². The van der Waals surface area contributed by atoms with Gasteiger partial charge in [0.15, 0.2) is 0 Å². The standard InChI is InChI=1S/C15H12BrClFNO/c1-8-3-4-10(6-13(8)18)15(20)19-14-7-12(17)9(2)5-11(14)16/h3-7H,1-2H3,(H,19,20). The van der Waals surface area contributed by atoms with Crippen LogP contribution >= 0.6 is 27.5 Å². The summed E-state index contributed by atoms with van der Waals surface area (Å²) in [4.78, 5) is 12.1. The first-order chi connectivity index (χ1) is 9.38. The van der Waals surface area contributed by atoms with E-state index in [1.54, 1.807) is 25.1 Å². The number of hydrogen-bond donors (Lipinski definition) is 1. The Kier molecular flexibility index (Phi) is 4.45. The number of carbonyl (C=O) groups excluding carboxylic acids is 1. The molecule has 0 spiro atoms. The highest BCUT2D eigenvalue weighted by molar-refractivity contribution is 9.10. The second kappa shape index (κ2) is 5.94. The summed E-state index contributed by atoms with van der Waals surface area (Å²) in [6, 6.07) is 7.84. The molecule has 1 amide bonds. The van der Waals surface area contributed by atoms with Gasteiger partial charge in [0.1, 0.15) is 5.82 Å². The molecule has 0 unspecified atom stereocenters. The quantitative estimate of drug-likeness (QED) is 0.796. The van der Waals surface area contributed by atoms with E-state index in [0.717, 1.165) is 10.0 Å². The smallest absolute Gasteiger partial charge is 0.255 e. The van der Waals surface area contributed by atoms with Crippen molar-refractivity contribution in [1.82, 2.24) is 0 Å². The average molecular weight is 357 g/mol. The van der Waals surface area contributed by atoms with Crippen molar-refractivity contribution < 1.29 is 9.18 Å². The second-order valence-electron chi connectivity index (χ2n) is 4.50. The minimum atomic E-state index is -0.404. The lowest BCUT2D eigenvalue weighted by Crippen LogP contribution is -2.12. The lowest BCUT2D eigenvalue weighted by molar-refractivity contribution is 0.102. The summed E-state index contributed by atoms with van der Waals surface area (Å²) >= 11 is 9.39. The third-order valence-electron chi connectivity index (χ3n) is 2.93. The van der Waals surface area contributed by atoms with E-state index < -0.39 is 5.82 Å². The van der Waals surface area contributed by atoms with Crippen LogP contribution < -0.4 is 5.32 Å². The van der Waals surface area contributed by atoms with Crippen molar-refractivity contribution >= 4 is 39.1 Å². The normalized spacial score (nSPS) is 10.4. The maximum atomic E-state index is 13.5. The van der Waals surface area contributed by atoms with Crippen molar-refractivity contribution in [1.29, 1.82) is 0 Å². The van der Waals surface area contributed by atoms with E-state index in [9.17, 15) is 9.18 Å². The van der Waals surface area contributed by atoms with Crippen LogP contribution in [0.3, 0.4) is 0 Å². The number of rotatable bonds is 2. The van der Waals surface area contributed by atoms with Crippen LogP contribution in [0.4, 0.5) is 10.1 Å². The number of aryl methyl sites for hydroxylation is 2. The molecule has 104 valence electrons. The van der Waals surface area contributed by atoms with E-state index >= 15 is 0 Å². The molecule has 0 aliphatic rings. The molecule has 0 aliphatic carbocycles. The highest BCUT2D eigenvalue weighted by atomic mass is 79.9. The van der Waals surface area contributed by atoms with Crippen LogP contribution in [0.25, 0.3) is 0 Å². The molecule has 0 saturated heterocycles. The average Bonchev–Trinajstić information content (AvgIpc) is 2.39. The molecular formula is C15H12BrClFNO. The van der Waals surface area contributed by atoms with Crippen LogP contribution in [0.15, 0.2) is 34.8 Å². The number of anilines is 1. The molecule has 2 aromatic carbocycles. The zero-order valence-electron chi connectivity index (χ0n) is 10.9. The summed E-state index contributed by atoms with van der Waals surface area (Å²) in [6.45, 7) is 3.52. The summed E-state index contributed by atoms with van der Waals surface area (Å²) < 4.78 is 14.2. The highest BCUT2D eigenvalue weighted by Gasteiger charge is 2.11. The van der Waals surface area contributed by atoms with Gasteiger partial charge in [0.25, 0.3) is 5.91 Å². The maximum absolute atomic E-state index is 13.5. The van der Waals surface area contributed by atoms with Crippen LogP contribution in [0.5, 0.6) is 0 Å². The molecular weight excluding hydrogens is 345 g/mol. The van der Waals surface area contributed by atoms with Crippen molar-refractivity contribution in [2.45, 2.75) is 13.8 Å². The van der Waals surface area contributed by atoms with Crippen LogP contribution in [0.2, 0.25) is 5.02 Å². The van der Waals surface area contributed by atoms with E-state index in [0.29, 0.717) is 16.3 Å². The Hall–Kier alpha value is -1.39. The van der Waals surface area contributed by atoms with Crippen LogP contribution in [0.1, 0.15) is 21.5 Å². The first-order valence-electron chi connectivity index (χ1n) is 5.91. The van der Waals surface area contributed by atoms with Gasteiger partial charge in [0.05, 0.1) is 5.69 Å². The monoisotopic (exact) mass is 355 g/mol. The number of amides is 1. The summed E-state index contributed by atoms with van der Waals surface area (Å²) in [5, 5.41) is 3.26. The van der Waals surface area contributed by atoms with Gasteiger partial charge in [-0.2, -0.15) is 0 Å². The Morgan fingerprint density at radius 3 is 2.55 bits per heavy atom. The van der Waals surface area contributed by atoms with Crippen LogP contribution in [0, 0.1) is 19.7 Å². The minimum Gasteiger partial charge on any atom is -0.321 e. The van der Waals surface area contributed by atoms with Crippen molar-refractivity contribution in [3.63, 3.8) is 0 Å². The molecule has 0 atom stereocenters. The van der Waals surface area contributed by atoms with E-state index in [-0.39, 0.29) is 11.5 Å². The molecule has 0 fully saturated rings. The molecule has 2 aromatic rings. The van der Waals surface area contributed by atoms with Gasteiger partial charge >= 0.3 is 0 Å². The Bertz CT molecular complexity index is 688. The van der Waals surface area contributed by atoms with Crippen molar-refractivity contribution in [3.8, 4) is 0 Å². The SMILES string of the molecule is Cc1ccc(C(=O)Nc2cc(Cl)c(C)cc2Br)cc1F. The molecule has 5 heteroatoms. The maximum Gasteiger partial charge on any atom is 0.255 e. The number of halogens is 3. The fourth-order valence-corrected chi connectivity index (χ4v) is 2.39. The molecule has 2 rings (SSSR count). The molecule has 0 aromatic heterocycles. The van der Waals surface area contributed by atoms with Gasteiger partial charge in [0.2, 0.25) is 0 Å². The molecule has 0 heterocycles. The fraction of sp³-hybridized carbons (Fsp3) is 0.133. The minimum absolute atomic E-state index is 0.261.